The van der Waals surface area contributed by atoms with E-state index in [4.69, 9.17) is 0 Å². The van der Waals surface area contributed by atoms with Crippen molar-refractivity contribution < 1.29 is 14.3 Å². The normalized spacial score (nSPS) is 18.8. The molecule has 5 rings (SSSR count). The third-order valence-electron chi connectivity index (χ3n) is 6.23. The van der Waals surface area contributed by atoms with Gasteiger partial charge in [-0.1, -0.05) is 55.9 Å². The zero-order chi connectivity index (χ0) is 24.0. The van der Waals surface area contributed by atoms with Gasteiger partial charge >= 0.3 is 0 Å². The van der Waals surface area contributed by atoms with Crippen LogP contribution < -0.4 is 10.9 Å². The highest BCUT2D eigenvalue weighted by Crippen LogP contribution is 2.48. The molecule has 3 aromatic rings. The standard InChI is InChI=1S/C26H24FN3O3S/c1-26(2)11-18-21(19(32)12-26)20(14-7-5-8-16(31)10-14)22-23(28-18)29-25(30-24(22)33)34-13-15-6-3-4-9-17(15)27/h3-10,20,31H,11-13H2,1-2H3,(H2,28,29,30,33)/t20-/m1/s1. The van der Waals surface area contributed by atoms with Crippen molar-refractivity contribution in [2.45, 2.75) is 43.5 Å². The average molecular weight is 478 g/mol. The predicted octanol–water partition coefficient (Wildman–Crippen LogP) is 5.11. The number of ketones is 1. The molecule has 174 valence electrons. The van der Waals surface area contributed by atoms with Crippen LogP contribution in [0.3, 0.4) is 0 Å². The van der Waals surface area contributed by atoms with Crippen molar-refractivity contribution in [2.24, 2.45) is 5.41 Å². The van der Waals surface area contributed by atoms with Gasteiger partial charge in [-0.15, -0.1) is 0 Å². The molecule has 3 N–H and O–H groups in total. The number of benzene rings is 2. The zero-order valence-electron chi connectivity index (χ0n) is 18.8. The minimum absolute atomic E-state index is 0.0184. The van der Waals surface area contributed by atoms with Gasteiger partial charge in [0.2, 0.25) is 0 Å². The van der Waals surface area contributed by atoms with Gasteiger partial charge in [-0.2, -0.15) is 0 Å². The number of hydrogen-bond acceptors (Lipinski definition) is 6. The summed E-state index contributed by atoms with van der Waals surface area (Å²) in [5.74, 6) is -0.208. The van der Waals surface area contributed by atoms with Gasteiger partial charge in [0.25, 0.3) is 5.56 Å². The highest BCUT2D eigenvalue weighted by atomic mass is 32.2. The summed E-state index contributed by atoms with van der Waals surface area (Å²) in [5, 5.41) is 13.7. The first-order valence-electron chi connectivity index (χ1n) is 11.0. The van der Waals surface area contributed by atoms with Crippen LogP contribution in [0.15, 0.2) is 69.8 Å². The molecular formula is C26H24FN3O3S. The number of H-pyrrole nitrogens is 1. The summed E-state index contributed by atoms with van der Waals surface area (Å²) in [6.45, 7) is 4.08. The number of allylic oxidation sites excluding steroid dienone is 2. The summed E-state index contributed by atoms with van der Waals surface area (Å²) < 4.78 is 14.0. The van der Waals surface area contributed by atoms with Crippen molar-refractivity contribution >= 4 is 23.4 Å². The minimum atomic E-state index is -0.635. The van der Waals surface area contributed by atoms with E-state index in [0.29, 0.717) is 51.8 Å². The van der Waals surface area contributed by atoms with Crippen molar-refractivity contribution in [3.8, 4) is 5.75 Å². The van der Waals surface area contributed by atoms with Gasteiger partial charge in [0.15, 0.2) is 10.9 Å². The lowest BCUT2D eigenvalue weighted by Crippen LogP contribution is -2.37. The Bertz CT molecular complexity index is 1400. The lowest BCUT2D eigenvalue weighted by Gasteiger charge is -2.38. The van der Waals surface area contributed by atoms with Crippen LogP contribution in [-0.2, 0) is 10.5 Å². The van der Waals surface area contributed by atoms with Crippen molar-refractivity contribution in [3.05, 3.63) is 92.7 Å². The molecule has 0 saturated heterocycles. The van der Waals surface area contributed by atoms with E-state index in [2.05, 4.69) is 15.3 Å². The van der Waals surface area contributed by atoms with Crippen molar-refractivity contribution in [1.82, 2.24) is 9.97 Å². The number of phenolic OH excluding ortho intramolecular Hbond substituents is 1. The molecule has 0 unspecified atom stereocenters. The summed E-state index contributed by atoms with van der Waals surface area (Å²) >= 11 is 1.23. The van der Waals surface area contributed by atoms with E-state index < -0.39 is 5.92 Å². The van der Waals surface area contributed by atoms with Gasteiger partial charge in [-0.05, 0) is 41.2 Å². The number of anilines is 1. The van der Waals surface area contributed by atoms with Crippen LogP contribution in [-0.4, -0.2) is 20.9 Å². The molecule has 1 atom stereocenters. The number of phenols is 1. The number of carbonyl (C=O) groups is 1. The molecule has 1 aromatic heterocycles. The van der Waals surface area contributed by atoms with Crippen molar-refractivity contribution in [2.75, 3.05) is 5.32 Å². The minimum Gasteiger partial charge on any atom is -0.508 e. The number of nitrogens with one attached hydrogen (secondary N) is 2. The summed E-state index contributed by atoms with van der Waals surface area (Å²) in [6.07, 6.45) is 1.01. The number of thioether (sulfide) groups is 1. The van der Waals surface area contributed by atoms with Gasteiger partial charge in [-0.25, -0.2) is 9.37 Å². The third-order valence-corrected chi connectivity index (χ3v) is 7.15. The first kappa shape index (κ1) is 22.4. The molecule has 2 aliphatic rings. The maximum atomic E-state index is 14.0. The Balaban J connectivity index is 1.59. The fraction of sp³-hybridized carbons (Fsp3) is 0.269. The van der Waals surface area contributed by atoms with Crippen LogP contribution in [0.25, 0.3) is 0 Å². The van der Waals surface area contributed by atoms with E-state index in [-0.39, 0.29) is 28.3 Å². The van der Waals surface area contributed by atoms with E-state index in [1.165, 1.54) is 17.8 Å². The number of rotatable bonds is 4. The number of carbonyl (C=O) groups excluding carboxylic acids is 1. The largest absolute Gasteiger partial charge is 0.508 e. The topological polar surface area (TPSA) is 95.1 Å². The van der Waals surface area contributed by atoms with Crippen molar-refractivity contribution in [3.63, 3.8) is 0 Å². The summed E-state index contributed by atoms with van der Waals surface area (Å²) in [6, 6.07) is 13.1. The number of fused-ring (bicyclic) bond motifs is 1. The van der Waals surface area contributed by atoms with Crippen LogP contribution in [0.4, 0.5) is 10.2 Å². The average Bonchev–Trinajstić information content (AvgIpc) is 2.76. The zero-order valence-corrected chi connectivity index (χ0v) is 19.6. The van der Waals surface area contributed by atoms with Gasteiger partial charge in [-0.3, -0.25) is 9.59 Å². The van der Waals surface area contributed by atoms with Crippen LogP contribution in [0.2, 0.25) is 0 Å². The number of aromatic nitrogens is 2. The smallest absolute Gasteiger partial charge is 0.257 e. The lowest BCUT2D eigenvalue weighted by molar-refractivity contribution is -0.118. The fourth-order valence-electron chi connectivity index (χ4n) is 4.76. The van der Waals surface area contributed by atoms with E-state index in [1.54, 1.807) is 42.5 Å². The van der Waals surface area contributed by atoms with Crippen LogP contribution in [0, 0.1) is 11.2 Å². The Morgan fingerprint density at radius 2 is 1.94 bits per heavy atom. The number of Topliss-reactive ketones (excluding diaryl/α,β-unsaturated/α-hetero) is 1. The third kappa shape index (κ3) is 4.14. The molecule has 2 aromatic carbocycles. The Labute approximate surface area is 200 Å². The van der Waals surface area contributed by atoms with Gasteiger partial charge in [0.05, 0.1) is 5.56 Å². The highest BCUT2D eigenvalue weighted by molar-refractivity contribution is 7.98. The number of aromatic amines is 1. The number of hydrogen-bond donors (Lipinski definition) is 3. The molecule has 0 saturated carbocycles. The van der Waals surface area contributed by atoms with E-state index in [0.717, 1.165) is 5.70 Å². The maximum Gasteiger partial charge on any atom is 0.257 e. The van der Waals surface area contributed by atoms with Gasteiger partial charge in [0, 0.05) is 29.4 Å². The fourth-order valence-corrected chi connectivity index (χ4v) is 5.61. The molecule has 0 spiro atoms. The quantitative estimate of drug-likeness (QED) is 0.357. The Morgan fingerprint density at radius 3 is 2.71 bits per heavy atom. The summed E-state index contributed by atoms with van der Waals surface area (Å²) in [5.41, 5.74) is 2.22. The summed E-state index contributed by atoms with van der Waals surface area (Å²) in [4.78, 5) is 34.0. The highest BCUT2D eigenvalue weighted by Gasteiger charge is 2.42. The molecule has 6 nitrogen and oxygen atoms in total. The van der Waals surface area contributed by atoms with Gasteiger partial charge < -0.3 is 15.4 Å². The van der Waals surface area contributed by atoms with Crippen LogP contribution in [0.5, 0.6) is 5.75 Å². The number of nitrogens with zero attached hydrogens (tertiary/aromatic N) is 1. The number of aromatic hydroxyl groups is 1. The van der Waals surface area contributed by atoms with Crippen LogP contribution >= 0.6 is 11.8 Å². The second-order valence-electron chi connectivity index (χ2n) is 9.50. The Kier molecular flexibility index (Phi) is 5.56. The summed E-state index contributed by atoms with van der Waals surface area (Å²) in [7, 11) is 0. The molecular weight excluding hydrogens is 453 g/mol. The SMILES string of the molecule is CC1(C)CC(=O)C2=C(C1)Nc1nc(SCc3ccccc3F)[nH]c(=O)c1[C@@H]2c1cccc(O)c1. The van der Waals surface area contributed by atoms with Crippen LogP contribution in [0.1, 0.15) is 49.3 Å². The molecule has 34 heavy (non-hydrogen) atoms. The monoisotopic (exact) mass is 477 g/mol. The molecule has 0 amide bonds. The van der Waals surface area contributed by atoms with Crippen molar-refractivity contribution in [1.29, 1.82) is 0 Å². The molecule has 0 radical (unpaired) electrons. The predicted molar refractivity (Wildman–Crippen MR) is 129 cm³/mol. The van der Waals surface area contributed by atoms with E-state index >= 15 is 0 Å². The molecule has 0 bridgehead atoms. The second kappa shape index (κ2) is 8.43. The first-order chi connectivity index (χ1) is 16.2. The Morgan fingerprint density at radius 1 is 1.15 bits per heavy atom. The van der Waals surface area contributed by atoms with Gasteiger partial charge in [0.1, 0.15) is 17.4 Å². The number of halogens is 1. The maximum absolute atomic E-state index is 14.0. The molecule has 8 heteroatoms. The lowest BCUT2D eigenvalue weighted by atomic mass is 9.69. The molecule has 0 fully saturated rings. The van der Waals surface area contributed by atoms with E-state index in [9.17, 15) is 19.1 Å². The second-order valence-corrected chi connectivity index (χ2v) is 10.5. The molecule has 1 aliphatic heterocycles. The Hall–Kier alpha value is -3.39. The van der Waals surface area contributed by atoms with E-state index in [1.807, 2.05) is 13.8 Å². The molecule has 1 aliphatic carbocycles. The molecule has 2 heterocycles. The first-order valence-corrected chi connectivity index (χ1v) is 12.0.